The van der Waals surface area contributed by atoms with E-state index < -0.39 is 6.61 Å². The van der Waals surface area contributed by atoms with Crippen LogP contribution in [0, 0.1) is 0 Å². The van der Waals surface area contributed by atoms with Crippen molar-refractivity contribution in [1.82, 2.24) is 10.3 Å². The van der Waals surface area contributed by atoms with Crippen LogP contribution in [0.25, 0.3) is 0 Å². The Hall–Kier alpha value is -2.22. The molecule has 0 atom stereocenters. The summed E-state index contributed by atoms with van der Waals surface area (Å²) in [6.45, 7) is -2.84. The number of ether oxygens (including phenoxy) is 1. The molecule has 0 saturated heterocycles. The molecule has 0 radical (unpaired) electrons. The minimum Gasteiger partial charge on any atom is -0.435 e. The molecule has 1 aliphatic carbocycles. The van der Waals surface area contributed by atoms with Crippen LogP contribution >= 0.6 is 11.3 Å². The molecular formula is C14H13F2N3O2S. The van der Waals surface area contributed by atoms with E-state index in [0.29, 0.717) is 16.5 Å². The van der Waals surface area contributed by atoms with Gasteiger partial charge in [0, 0.05) is 17.1 Å². The molecule has 116 valence electrons. The van der Waals surface area contributed by atoms with Gasteiger partial charge in [0.05, 0.1) is 0 Å². The minimum atomic E-state index is -2.84. The van der Waals surface area contributed by atoms with Crippen molar-refractivity contribution in [1.29, 1.82) is 0 Å². The third-order valence-electron chi connectivity index (χ3n) is 2.98. The summed E-state index contributed by atoms with van der Waals surface area (Å²) < 4.78 is 28.4. The fourth-order valence-electron chi connectivity index (χ4n) is 1.77. The van der Waals surface area contributed by atoms with Gasteiger partial charge in [-0.15, -0.1) is 11.3 Å². The first kappa shape index (κ1) is 14.7. The van der Waals surface area contributed by atoms with Gasteiger partial charge >= 0.3 is 6.61 Å². The average molecular weight is 325 g/mol. The summed E-state index contributed by atoms with van der Waals surface area (Å²) in [6.07, 6.45) is 2.04. The molecule has 1 aliphatic rings. The molecule has 0 bridgehead atoms. The van der Waals surface area contributed by atoms with Gasteiger partial charge < -0.3 is 15.4 Å². The maximum absolute atomic E-state index is 12.1. The molecule has 5 nitrogen and oxygen atoms in total. The predicted octanol–water partition coefficient (Wildman–Crippen LogP) is 3.38. The van der Waals surface area contributed by atoms with Crippen LogP contribution in [0.1, 0.15) is 23.3 Å². The highest BCUT2D eigenvalue weighted by molar-refractivity contribution is 7.14. The van der Waals surface area contributed by atoms with Crippen LogP contribution in [0.3, 0.4) is 0 Å². The number of nitrogens with zero attached hydrogens (tertiary/aromatic N) is 1. The van der Waals surface area contributed by atoms with Crippen molar-refractivity contribution in [2.24, 2.45) is 0 Å². The molecular weight excluding hydrogens is 312 g/mol. The van der Waals surface area contributed by atoms with Crippen LogP contribution in [-0.4, -0.2) is 23.5 Å². The number of carbonyl (C=O) groups is 1. The predicted molar refractivity (Wildman–Crippen MR) is 79.0 cm³/mol. The molecule has 22 heavy (non-hydrogen) atoms. The van der Waals surface area contributed by atoms with Crippen LogP contribution in [-0.2, 0) is 0 Å². The maximum Gasteiger partial charge on any atom is 0.387 e. The summed E-state index contributed by atoms with van der Waals surface area (Å²) >= 11 is 1.30. The van der Waals surface area contributed by atoms with Crippen molar-refractivity contribution in [3.05, 3.63) is 35.3 Å². The van der Waals surface area contributed by atoms with E-state index in [1.807, 2.05) is 0 Å². The number of rotatable bonds is 6. The molecule has 2 N–H and O–H groups in total. The maximum atomic E-state index is 12.1. The molecule has 1 aromatic heterocycles. The van der Waals surface area contributed by atoms with Gasteiger partial charge in [-0.1, -0.05) is 0 Å². The SMILES string of the molecule is O=C(NC1CC1)c1csc(Nc2ccc(OC(F)F)cc2)n1. The Bertz CT molecular complexity index is 656. The normalized spacial score (nSPS) is 14.0. The number of thiazole rings is 1. The van der Waals surface area contributed by atoms with Crippen molar-refractivity contribution in [2.75, 3.05) is 5.32 Å². The Balaban J connectivity index is 1.60. The first-order valence-electron chi connectivity index (χ1n) is 6.68. The Kier molecular flexibility index (Phi) is 4.19. The number of halogens is 2. The van der Waals surface area contributed by atoms with Gasteiger partial charge in [-0.05, 0) is 37.1 Å². The van der Waals surface area contributed by atoms with Gasteiger partial charge in [-0.25, -0.2) is 4.98 Å². The van der Waals surface area contributed by atoms with Gasteiger partial charge in [-0.2, -0.15) is 8.78 Å². The van der Waals surface area contributed by atoms with Gasteiger partial charge in [0.15, 0.2) is 5.13 Å². The smallest absolute Gasteiger partial charge is 0.387 e. The molecule has 0 unspecified atom stereocenters. The lowest BCUT2D eigenvalue weighted by Crippen LogP contribution is -2.25. The number of nitrogens with one attached hydrogen (secondary N) is 2. The topological polar surface area (TPSA) is 63.2 Å². The zero-order valence-electron chi connectivity index (χ0n) is 11.4. The van der Waals surface area contributed by atoms with Crippen LogP contribution in [0.5, 0.6) is 5.75 Å². The van der Waals surface area contributed by atoms with Gasteiger partial charge in [0.2, 0.25) is 0 Å². The number of benzene rings is 1. The van der Waals surface area contributed by atoms with E-state index in [9.17, 15) is 13.6 Å². The molecule has 1 aromatic carbocycles. The summed E-state index contributed by atoms with van der Waals surface area (Å²) in [4.78, 5) is 16.0. The second kappa shape index (κ2) is 6.27. The molecule has 3 rings (SSSR count). The lowest BCUT2D eigenvalue weighted by molar-refractivity contribution is -0.0498. The monoisotopic (exact) mass is 325 g/mol. The Morgan fingerprint density at radius 2 is 2.05 bits per heavy atom. The quantitative estimate of drug-likeness (QED) is 0.855. The van der Waals surface area contributed by atoms with E-state index in [0.717, 1.165) is 12.8 Å². The summed E-state index contributed by atoms with van der Waals surface area (Å²) in [5.41, 5.74) is 1.04. The van der Waals surface area contributed by atoms with Crippen LogP contribution in [0.4, 0.5) is 19.6 Å². The van der Waals surface area contributed by atoms with Gasteiger partial charge in [0.25, 0.3) is 5.91 Å². The summed E-state index contributed by atoms with van der Waals surface area (Å²) in [5.74, 6) is -0.0864. The first-order valence-corrected chi connectivity index (χ1v) is 7.56. The third-order valence-corrected chi connectivity index (χ3v) is 3.74. The fraction of sp³-hybridized carbons (Fsp3) is 0.286. The number of anilines is 2. The van der Waals surface area contributed by atoms with Crippen molar-refractivity contribution in [2.45, 2.75) is 25.5 Å². The molecule has 1 saturated carbocycles. The van der Waals surface area contributed by atoms with E-state index in [2.05, 4.69) is 20.4 Å². The summed E-state index contributed by atoms with van der Waals surface area (Å²) in [6, 6.07) is 6.35. The lowest BCUT2D eigenvalue weighted by Gasteiger charge is -2.06. The number of amides is 1. The van der Waals surface area contributed by atoms with Crippen LogP contribution < -0.4 is 15.4 Å². The zero-order chi connectivity index (χ0) is 15.5. The second-order valence-electron chi connectivity index (χ2n) is 4.81. The molecule has 0 aliphatic heterocycles. The van der Waals surface area contributed by atoms with E-state index in [1.54, 1.807) is 17.5 Å². The second-order valence-corrected chi connectivity index (χ2v) is 5.67. The molecule has 1 heterocycles. The highest BCUT2D eigenvalue weighted by atomic mass is 32.1. The van der Waals surface area contributed by atoms with Crippen molar-refractivity contribution in [3.8, 4) is 5.75 Å². The summed E-state index contributed by atoms with van der Waals surface area (Å²) in [7, 11) is 0. The van der Waals surface area contributed by atoms with Crippen molar-refractivity contribution < 1.29 is 18.3 Å². The van der Waals surface area contributed by atoms with Gasteiger partial charge in [-0.3, -0.25) is 4.79 Å². The Morgan fingerprint density at radius 3 is 2.68 bits per heavy atom. The molecule has 0 spiro atoms. The van der Waals surface area contributed by atoms with Crippen molar-refractivity contribution in [3.63, 3.8) is 0 Å². The highest BCUT2D eigenvalue weighted by Crippen LogP contribution is 2.24. The lowest BCUT2D eigenvalue weighted by atomic mass is 10.3. The average Bonchev–Trinajstić information content (AvgIpc) is 3.16. The number of alkyl halides is 2. The largest absolute Gasteiger partial charge is 0.435 e. The first-order chi connectivity index (χ1) is 10.6. The highest BCUT2D eigenvalue weighted by Gasteiger charge is 2.24. The Morgan fingerprint density at radius 1 is 1.32 bits per heavy atom. The third kappa shape index (κ3) is 3.91. The van der Waals surface area contributed by atoms with Crippen LogP contribution in [0.15, 0.2) is 29.6 Å². The number of aromatic nitrogens is 1. The van der Waals surface area contributed by atoms with Gasteiger partial charge in [0.1, 0.15) is 11.4 Å². The Labute approximate surface area is 129 Å². The molecule has 8 heteroatoms. The fourth-order valence-corrected chi connectivity index (χ4v) is 2.48. The van der Waals surface area contributed by atoms with E-state index in [1.165, 1.54) is 23.5 Å². The number of hydrogen-bond donors (Lipinski definition) is 2. The molecule has 1 fully saturated rings. The number of carbonyl (C=O) groups excluding carboxylic acids is 1. The molecule has 1 amide bonds. The zero-order valence-corrected chi connectivity index (χ0v) is 12.2. The standard InChI is InChI=1S/C14H13F2N3O2S/c15-13(16)21-10-5-3-9(4-6-10)18-14-19-11(7-22-14)12(20)17-8-1-2-8/h3-8,13H,1-2H2,(H,17,20)(H,18,19). The van der Waals surface area contributed by atoms with Crippen LogP contribution in [0.2, 0.25) is 0 Å². The number of hydrogen-bond acceptors (Lipinski definition) is 5. The summed E-state index contributed by atoms with van der Waals surface area (Å²) in [5, 5.41) is 8.11. The van der Waals surface area contributed by atoms with Crippen molar-refractivity contribution >= 4 is 28.1 Å². The van der Waals surface area contributed by atoms with E-state index in [4.69, 9.17) is 0 Å². The van der Waals surface area contributed by atoms with E-state index in [-0.39, 0.29) is 17.7 Å². The van der Waals surface area contributed by atoms with E-state index >= 15 is 0 Å². The minimum absolute atomic E-state index is 0.0872. The molecule has 2 aromatic rings.